The molecule has 0 saturated heterocycles. The second-order valence-electron chi connectivity index (χ2n) is 5.68. The van der Waals surface area contributed by atoms with E-state index in [1.807, 2.05) is 59.7 Å². The third kappa shape index (κ3) is 3.81. The monoisotopic (exact) mass is 307 g/mol. The van der Waals surface area contributed by atoms with E-state index < -0.39 is 0 Å². The minimum atomic E-state index is 0.287. The molecule has 2 aromatic heterocycles. The molecule has 2 atom stereocenters. The summed E-state index contributed by atoms with van der Waals surface area (Å²) in [7, 11) is 0. The predicted molar refractivity (Wildman–Crippen MR) is 90.7 cm³/mol. The van der Waals surface area contributed by atoms with Crippen molar-refractivity contribution in [3.63, 3.8) is 0 Å². The zero-order valence-corrected chi connectivity index (χ0v) is 13.4. The largest absolute Gasteiger partial charge is 0.308 e. The first-order valence-electron chi connectivity index (χ1n) is 7.83. The molecule has 23 heavy (non-hydrogen) atoms. The fourth-order valence-electron chi connectivity index (χ4n) is 2.38. The Kier molecular flexibility index (Phi) is 4.78. The highest BCUT2D eigenvalue weighted by Gasteiger charge is 2.13. The van der Waals surface area contributed by atoms with Crippen molar-refractivity contribution in [2.75, 3.05) is 0 Å². The smallest absolute Gasteiger partial charge is 0.159 e. The molecule has 0 radical (unpaired) electrons. The Morgan fingerprint density at radius 1 is 1.04 bits per heavy atom. The van der Waals surface area contributed by atoms with E-state index in [-0.39, 0.29) is 6.04 Å². The van der Waals surface area contributed by atoms with Gasteiger partial charge in [0.25, 0.3) is 0 Å². The summed E-state index contributed by atoms with van der Waals surface area (Å²) in [5.74, 6) is 0.757. The molecule has 3 rings (SSSR count). The minimum absolute atomic E-state index is 0.287. The number of hydrogen-bond acceptors (Lipinski definition) is 4. The van der Waals surface area contributed by atoms with Crippen LogP contribution in [0.3, 0.4) is 0 Å². The van der Waals surface area contributed by atoms with Crippen molar-refractivity contribution in [3.05, 3.63) is 66.7 Å². The lowest BCUT2D eigenvalue weighted by Crippen LogP contribution is -2.33. The fourth-order valence-corrected chi connectivity index (χ4v) is 2.38. The van der Waals surface area contributed by atoms with Crippen LogP contribution < -0.4 is 5.32 Å². The van der Waals surface area contributed by atoms with Gasteiger partial charge in [-0.3, -0.25) is 4.68 Å². The van der Waals surface area contributed by atoms with Crippen LogP contribution >= 0.6 is 0 Å². The second kappa shape index (κ2) is 7.15. The summed E-state index contributed by atoms with van der Waals surface area (Å²) >= 11 is 0. The van der Waals surface area contributed by atoms with E-state index in [9.17, 15) is 0 Å². The molecule has 0 bridgehead atoms. The summed E-state index contributed by atoms with van der Waals surface area (Å²) < 4.78 is 1.96. The maximum absolute atomic E-state index is 4.45. The highest BCUT2D eigenvalue weighted by molar-refractivity contribution is 5.53. The third-order valence-corrected chi connectivity index (χ3v) is 4.03. The first-order chi connectivity index (χ1) is 11.2. The number of aromatic nitrogens is 4. The van der Waals surface area contributed by atoms with E-state index in [0.717, 1.165) is 23.5 Å². The van der Waals surface area contributed by atoms with Crippen LogP contribution in [0.4, 0.5) is 0 Å². The van der Waals surface area contributed by atoms with Crippen LogP contribution in [0.25, 0.3) is 11.4 Å². The normalized spacial score (nSPS) is 13.7. The Hall–Kier alpha value is -2.53. The van der Waals surface area contributed by atoms with Gasteiger partial charge in [0, 0.05) is 48.5 Å². The van der Waals surface area contributed by atoms with Crippen LogP contribution in [0.15, 0.2) is 61.2 Å². The van der Waals surface area contributed by atoms with Gasteiger partial charge >= 0.3 is 0 Å². The first kappa shape index (κ1) is 15.4. The van der Waals surface area contributed by atoms with Crippen LogP contribution in [0.2, 0.25) is 0 Å². The molecule has 0 aliphatic rings. The lowest BCUT2D eigenvalue weighted by atomic mass is 10.1. The number of nitrogens with zero attached hydrogens (tertiary/aromatic N) is 4. The topological polar surface area (TPSA) is 55.6 Å². The zero-order valence-electron chi connectivity index (χ0n) is 13.4. The summed E-state index contributed by atoms with van der Waals surface area (Å²) in [6.07, 6.45) is 7.56. The van der Waals surface area contributed by atoms with E-state index in [2.05, 4.69) is 34.2 Å². The van der Waals surface area contributed by atoms with E-state index >= 15 is 0 Å². The molecule has 1 N–H and O–H groups in total. The molecule has 5 nitrogen and oxygen atoms in total. The van der Waals surface area contributed by atoms with Crippen molar-refractivity contribution in [2.45, 2.75) is 32.5 Å². The lowest BCUT2D eigenvalue weighted by molar-refractivity contribution is 0.365. The molecule has 0 saturated carbocycles. The van der Waals surface area contributed by atoms with E-state index in [0.29, 0.717) is 6.04 Å². The second-order valence-corrected chi connectivity index (χ2v) is 5.68. The van der Waals surface area contributed by atoms with Gasteiger partial charge in [-0.05, 0) is 19.9 Å². The average molecular weight is 307 g/mol. The Morgan fingerprint density at radius 2 is 1.78 bits per heavy atom. The van der Waals surface area contributed by atoms with Crippen LogP contribution in [-0.4, -0.2) is 25.8 Å². The molecule has 2 heterocycles. The van der Waals surface area contributed by atoms with Gasteiger partial charge in [0.05, 0.1) is 6.04 Å². The average Bonchev–Trinajstić information content (AvgIpc) is 3.15. The van der Waals surface area contributed by atoms with Crippen molar-refractivity contribution in [1.82, 2.24) is 25.1 Å². The molecule has 0 aliphatic heterocycles. The SMILES string of the molecule is C[C@@H](NCc1cnc(-c2ccccc2)nc1)[C@H](C)n1cccn1. The maximum atomic E-state index is 4.45. The molecular formula is C18H21N5. The van der Waals surface area contributed by atoms with Crippen molar-refractivity contribution in [2.24, 2.45) is 0 Å². The Bertz CT molecular complexity index is 707. The summed E-state index contributed by atoms with van der Waals surface area (Å²) in [6, 6.07) is 12.5. The molecule has 118 valence electrons. The molecular weight excluding hydrogens is 286 g/mol. The molecule has 0 amide bonds. The maximum Gasteiger partial charge on any atom is 0.159 e. The van der Waals surface area contributed by atoms with Crippen molar-refractivity contribution >= 4 is 0 Å². The van der Waals surface area contributed by atoms with Gasteiger partial charge in [0.2, 0.25) is 0 Å². The standard InChI is InChI=1S/C18H21N5/c1-14(15(2)23-10-6-9-22-23)19-11-16-12-20-18(21-13-16)17-7-4-3-5-8-17/h3-10,12-15,19H,11H2,1-2H3/t14-,15+/m1/s1. The van der Waals surface area contributed by atoms with Gasteiger partial charge in [-0.1, -0.05) is 30.3 Å². The number of hydrogen-bond donors (Lipinski definition) is 1. The van der Waals surface area contributed by atoms with E-state index in [4.69, 9.17) is 0 Å². The van der Waals surface area contributed by atoms with Crippen LogP contribution in [0, 0.1) is 0 Å². The Labute approximate surface area is 136 Å². The molecule has 0 fully saturated rings. The molecule has 3 aromatic rings. The molecule has 5 heteroatoms. The summed E-state index contributed by atoms with van der Waals surface area (Å²) in [6.45, 7) is 5.05. The van der Waals surface area contributed by atoms with E-state index in [1.54, 1.807) is 6.20 Å². The number of rotatable bonds is 6. The van der Waals surface area contributed by atoms with Gasteiger partial charge in [-0.25, -0.2) is 9.97 Å². The Morgan fingerprint density at radius 3 is 2.43 bits per heavy atom. The third-order valence-electron chi connectivity index (χ3n) is 4.03. The lowest BCUT2D eigenvalue weighted by Gasteiger charge is -2.21. The first-order valence-corrected chi connectivity index (χ1v) is 7.83. The van der Waals surface area contributed by atoms with Crippen LogP contribution in [0.5, 0.6) is 0 Å². The van der Waals surface area contributed by atoms with Crippen LogP contribution in [0.1, 0.15) is 25.5 Å². The van der Waals surface area contributed by atoms with Crippen molar-refractivity contribution in [3.8, 4) is 11.4 Å². The summed E-state index contributed by atoms with van der Waals surface area (Å²) in [5.41, 5.74) is 2.11. The summed E-state index contributed by atoms with van der Waals surface area (Å²) in [4.78, 5) is 8.91. The van der Waals surface area contributed by atoms with Crippen molar-refractivity contribution in [1.29, 1.82) is 0 Å². The molecule has 0 spiro atoms. The highest BCUT2D eigenvalue weighted by Crippen LogP contribution is 2.14. The van der Waals surface area contributed by atoms with Gasteiger partial charge in [0.1, 0.15) is 0 Å². The minimum Gasteiger partial charge on any atom is -0.308 e. The molecule has 0 aliphatic carbocycles. The van der Waals surface area contributed by atoms with Crippen molar-refractivity contribution < 1.29 is 0 Å². The zero-order chi connectivity index (χ0) is 16.1. The van der Waals surface area contributed by atoms with Gasteiger partial charge in [-0.2, -0.15) is 5.10 Å². The molecule has 1 aromatic carbocycles. The Balaban J connectivity index is 1.58. The fraction of sp³-hybridized carbons (Fsp3) is 0.278. The number of benzene rings is 1. The van der Waals surface area contributed by atoms with E-state index in [1.165, 1.54) is 0 Å². The van der Waals surface area contributed by atoms with Crippen LogP contribution in [-0.2, 0) is 6.54 Å². The van der Waals surface area contributed by atoms with Gasteiger partial charge in [-0.15, -0.1) is 0 Å². The molecule has 0 unspecified atom stereocenters. The predicted octanol–water partition coefficient (Wildman–Crippen LogP) is 3.08. The van der Waals surface area contributed by atoms with Gasteiger partial charge in [0.15, 0.2) is 5.82 Å². The highest BCUT2D eigenvalue weighted by atomic mass is 15.3. The summed E-state index contributed by atoms with van der Waals surface area (Å²) in [5, 5.41) is 7.79. The number of nitrogens with one attached hydrogen (secondary N) is 1. The van der Waals surface area contributed by atoms with Gasteiger partial charge < -0.3 is 5.32 Å². The quantitative estimate of drug-likeness (QED) is 0.760.